The van der Waals surface area contributed by atoms with Crippen LogP contribution in [-0.2, 0) is 10.1 Å². The summed E-state index contributed by atoms with van der Waals surface area (Å²) in [7, 11) is -2.34. The Morgan fingerprint density at radius 1 is 1.29 bits per heavy atom. The normalized spacial score (nSPS) is 11.0. The molecule has 0 aromatic heterocycles. The van der Waals surface area contributed by atoms with Crippen molar-refractivity contribution in [2.45, 2.75) is 4.90 Å². The van der Waals surface area contributed by atoms with Crippen LogP contribution in [0.5, 0.6) is 11.5 Å². The number of benzene rings is 1. The Kier molecular flexibility index (Phi) is 3.53. The van der Waals surface area contributed by atoms with Crippen LogP contribution in [0.25, 0.3) is 0 Å². The summed E-state index contributed by atoms with van der Waals surface area (Å²) < 4.78 is 40.3. The molecule has 0 aliphatic rings. The predicted octanol–water partition coefficient (Wildman–Crippen LogP) is 0.859. The van der Waals surface area contributed by atoms with Crippen LogP contribution in [0.2, 0.25) is 0 Å². The van der Waals surface area contributed by atoms with E-state index in [4.69, 9.17) is 14.0 Å². The van der Waals surface area contributed by atoms with Gasteiger partial charge in [0, 0.05) is 0 Å². The fourth-order valence-corrected chi connectivity index (χ4v) is 1.93. The highest BCUT2D eigenvalue weighted by Gasteiger charge is 2.31. The summed E-state index contributed by atoms with van der Waals surface area (Å²) >= 11 is 0. The highest BCUT2D eigenvalue weighted by molar-refractivity contribution is 7.86. The molecule has 0 heterocycles. The first-order chi connectivity index (χ1) is 7.82. The number of nitro groups is 1. The topological polar surface area (TPSA) is 116 Å². The van der Waals surface area contributed by atoms with E-state index in [1.165, 1.54) is 7.11 Å². The molecule has 0 radical (unpaired) electrons. The van der Waals surface area contributed by atoms with Gasteiger partial charge in [-0.1, -0.05) is 0 Å². The third kappa shape index (κ3) is 2.45. The Labute approximate surface area is 96.7 Å². The van der Waals surface area contributed by atoms with Crippen molar-refractivity contribution in [3.05, 3.63) is 22.2 Å². The van der Waals surface area contributed by atoms with Crippen molar-refractivity contribution in [1.82, 2.24) is 0 Å². The van der Waals surface area contributed by atoms with Gasteiger partial charge in [0.1, 0.15) is 0 Å². The maximum Gasteiger partial charge on any atom is 0.335 e. The van der Waals surface area contributed by atoms with Gasteiger partial charge in [-0.05, 0) is 12.1 Å². The molecule has 8 nitrogen and oxygen atoms in total. The third-order valence-electron chi connectivity index (χ3n) is 1.94. The van der Waals surface area contributed by atoms with Gasteiger partial charge in [0.05, 0.1) is 19.1 Å². The van der Waals surface area contributed by atoms with Crippen molar-refractivity contribution in [1.29, 1.82) is 0 Å². The van der Waals surface area contributed by atoms with Crippen molar-refractivity contribution in [2.24, 2.45) is 0 Å². The van der Waals surface area contributed by atoms with E-state index in [1.807, 2.05) is 0 Å². The number of nitrogens with zero attached hydrogens (tertiary/aromatic N) is 1. The van der Waals surface area contributed by atoms with Gasteiger partial charge in [0.25, 0.3) is 0 Å². The van der Waals surface area contributed by atoms with Gasteiger partial charge < -0.3 is 9.47 Å². The Morgan fingerprint density at radius 3 is 2.24 bits per heavy atom. The first-order valence-corrected chi connectivity index (χ1v) is 5.63. The summed E-state index contributed by atoms with van der Waals surface area (Å²) in [5.41, 5.74) is -0.866. The van der Waals surface area contributed by atoms with Crippen LogP contribution >= 0.6 is 0 Å². The lowest BCUT2D eigenvalue weighted by Gasteiger charge is -2.09. The quantitative estimate of drug-likeness (QED) is 0.486. The molecule has 0 saturated heterocycles. The lowest BCUT2D eigenvalue weighted by molar-refractivity contribution is -0.388. The minimum absolute atomic E-state index is 0.00778. The number of hydrogen-bond acceptors (Lipinski definition) is 6. The van der Waals surface area contributed by atoms with Gasteiger partial charge in [0.15, 0.2) is 10.6 Å². The van der Waals surface area contributed by atoms with Gasteiger partial charge in [-0.15, -0.1) is 0 Å². The van der Waals surface area contributed by atoms with Crippen molar-refractivity contribution in [3.63, 3.8) is 0 Å². The lowest BCUT2D eigenvalue weighted by Crippen LogP contribution is -2.06. The van der Waals surface area contributed by atoms with E-state index in [0.29, 0.717) is 0 Å². The zero-order chi connectivity index (χ0) is 13.2. The van der Waals surface area contributed by atoms with E-state index < -0.39 is 25.6 Å². The van der Waals surface area contributed by atoms with Crippen LogP contribution in [0.1, 0.15) is 0 Å². The number of methoxy groups -OCH3 is 2. The molecule has 0 bridgehead atoms. The molecule has 0 aliphatic heterocycles. The number of hydrogen-bond donors (Lipinski definition) is 1. The average Bonchev–Trinajstić information content (AvgIpc) is 2.25. The van der Waals surface area contributed by atoms with Crippen molar-refractivity contribution < 1.29 is 27.4 Å². The second-order valence-electron chi connectivity index (χ2n) is 2.88. The molecule has 0 atom stereocenters. The second-order valence-corrected chi connectivity index (χ2v) is 4.27. The molecular formula is C8H9NO7S. The van der Waals surface area contributed by atoms with E-state index >= 15 is 0 Å². The summed E-state index contributed by atoms with van der Waals surface area (Å²) in [5, 5.41) is 10.8. The zero-order valence-corrected chi connectivity index (χ0v) is 9.72. The fourth-order valence-electron chi connectivity index (χ4n) is 1.27. The van der Waals surface area contributed by atoms with Crippen molar-refractivity contribution in [2.75, 3.05) is 14.2 Å². The molecule has 0 aliphatic carbocycles. The third-order valence-corrected chi connectivity index (χ3v) is 2.83. The van der Waals surface area contributed by atoms with Gasteiger partial charge in [0.2, 0.25) is 5.75 Å². The molecular weight excluding hydrogens is 254 g/mol. The largest absolute Gasteiger partial charge is 0.493 e. The molecule has 0 unspecified atom stereocenters. The van der Waals surface area contributed by atoms with Crippen LogP contribution in [0.3, 0.4) is 0 Å². The fraction of sp³-hybridized carbons (Fsp3) is 0.250. The zero-order valence-electron chi connectivity index (χ0n) is 8.91. The summed E-state index contributed by atoms with van der Waals surface area (Å²) in [6.45, 7) is 0. The van der Waals surface area contributed by atoms with E-state index in [9.17, 15) is 18.5 Å². The molecule has 1 aromatic carbocycles. The molecule has 0 spiro atoms. The first kappa shape index (κ1) is 13.2. The summed E-state index contributed by atoms with van der Waals surface area (Å²) in [5.74, 6) is -0.376. The van der Waals surface area contributed by atoms with E-state index in [-0.39, 0.29) is 11.5 Å². The molecule has 1 rings (SSSR count). The molecule has 0 amide bonds. The van der Waals surface area contributed by atoms with Crippen LogP contribution in [0.15, 0.2) is 17.0 Å². The smallest absolute Gasteiger partial charge is 0.335 e. The standard InChI is InChI=1S/C8H9NO7S/c1-15-5-3-4-6(17(12,13)14)7(9(10)11)8(5)16-2/h3-4H,1-2H3,(H,12,13,14). The van der Waals surface area contributed by atoms with E-state index in [2.05, 4.69) is 0 Å². The molecule has 0 saturated carbocycles. The van der Waals surface area contributed by atoms with Gasteiger partial charge in [-0.2, -0.15) is 8.42 Å². The van der Waals surface area contributed by atoms with Gasteiger partial charge in [-0.3, -0.25) is 14.7 Å². The second kappa shape index (κ2) is 4.55. The molecule has 94 valence electrons. The highest BCUT2D eigenvalue weighted by Crippen LogP contribution is 2.41. The van der Waals surface area contributed by atoms with Crippen LogP contribution < -0.4 is 9.47 Å². The molecule has 17 heavy (non-hydrogen) atoms. The maximum atomic E-state index is 11.0. The van der Waals surface area contributed by atoms with E-state index in [0.717, 1.165) is 19.2 Å². The minimum Gasteiger partial charge on any atom is -0.493 e. The first-order valence-electron chi connectivity index (χ1n) is 4.19. The maximum absolute atomic E-state index is 11.0. The number of nitro benzene ring substituents is 1. The lowest BCUT2D eigenvalue weighted by atomic mass is 10.2. The Morgan fingerprint density at radius 2 is 1.88 bits per heavy atom. The average molecular weight is 263 g/mol. The van der Waals surface area contributed by atoms with Crippen LogP contribution in [0, 0.1) is 10.1 Å². The van der Waals surface area contributed by atoms with Gasteiger partial charge >= 0.3 is 15.8 Å². The van der Waals surface area contributed by atoms with Crippen LogP contribution in [-0.4, -0.2) is 32.1 Å². The molecule has 1 N–H and O–H groups in total. The predicted molar refractivity (Wildman–Crippen MR) is 56.0 cm³/mol. The Balaban J connectivity index is 3.72. The summed E-state index contributed by atoms with van der Waals surface area (Å²) in [4.78, 5) is 9.00. The number of rotatable bonds is 4. The van der Waals surface area contributed by atoms with Crippen LogP contribution in [0.4, 0.5) is 5.69 Å². The summed E-state index contributed by atoms with van der Waals surface area (Å²) in [6, 6.07) is 2.02. The molecule has 1 aromatic rings. The Hall–Kier alpha value is -1.87. The Bertz CT molecular complexity index is 551. The highest BCUT2D eigenvalue weighted by atomic mass is 32.2. The molecule has 0 fully saturated rings. The van der Waals surface area contributed by atoms with Crippen molar-refractivity contribution in [3.8, 4) is 11.5 Å². The van der Waals surface area contributed by atoms with Crippen molar-refractivity contribution >= 4 is 15.8 Å². The van der Waals surface area contributed by atoms with Gasteiger partial charge in [-0.25, -0.2) is 0 Å². The SMILES string of the molecule is COc1ccc(S(=O)(=O)O)c([N+](=O)[O-])c1OC. The monoisotopic (exact) mass is 263 g/mol. The summed E-state index contributed by atoms with van der Waals surface area (Å²) in [6.07, 6.45) is 0. The molecule has 9 heteroatoms. The minimum atomic E-state index is -4.71. The van der Waals surface area contributed by atoms with E-state index in [1.54, 1.807) is 0 Å². The number of ether oxygens (including phenoxy) is 2.